The zero-order valence-electron chi connectivity index (χ0n) is 14.3. The molecule has 2 aromatic carbocycles. The minimum Gasteiger partial charge on any atom is -0.495 e. The summed E-state index contributed by atoms with van der Waals surface area (Å²) in [5.41, 5.74) is 0.0802. The maximum atomic E-state index is 12.7. The molecular weight excluding hydrogens is 376 g/mol. The van der Waals surface area contributed by atoms with E-state index in [2.05, 4.69) is 4.72 Å². The Balaban J connectivity index is 1.99. The highest BCUT2D eigenvalue weighted by molar-refractivity contribution is 7.92. The Hall–Kier alpha value is -2.10. The van der Waals surface area contributed by atoms with Crippen molar-refractivity contribution in [3.8, 4) is 5.75 Å². The fourth-order valence-corrected chi connectivity index (χ4v) is 5.43. The molecule has 1 aliphatic heterocycles. The molecule has 0 saturated carbocycles. The van der Waals surface area contributed by atoms with Crippen LogP contribution in [0.15, 0.2) is 58.3 Å². The second-order valence-corrected chi connectivity index (χ2v) is 9.51. The van der Waals surface area contributed by atoms with Crippen LogP contribution in [-0.4, -0.2) is 41.3 Å². The third-order valence-corrected chi connectivity index (χ3v) is 7.45. The van der Waals surface area contributed by atoms with Crippen LogP contribution in [0.4, 0.5) is 5.69 Å². The van der Waals surface area contributed by atoms with Crippen molar-refractivity contribution >= 4 is 25.7 Å². The number of sulfonamides is 2. The van der Waals surface area contributed by atoms with E-state index >= 15 is 0 Å². The number of nitrogens with zero attached hydrogens (tertiary/aromatic N) is 1. The Morgan fingerprint density at radius 3 is 2.19 bits per heavy atom. The number of rotatable bonds is 6. The Labute approximate surface area is 153 Å². The molecule has 0 bridgehead atoms. The second kappa shape index (κ2) is 7.26. The molecule has 0 spiro atoms. The summed E-state index contributed by atoms with van der Waals surface area (Å²) in [5, 5.41) is 0. The van der Waals surface area contributed by atoms with Gasteiger partial charge in [-0.3, -0.25) is 4.72 Å². The van der Waals surface area contributed by atoms with Gasteiger partial charge in [0.1, 0.15) is 5.75 Å². The standard InChI is InChI=1S/C17H20N2O5S2/c1-24-17-10-9-15(26(22,23)19-11-5-6-12-19)13-16(17)18-25(20,21)14-7-3-2-4-8-14/h2-4,7-10,13,18H,5-6,11-12H2,1H3. The van der Waals surface area contributed by atoms with Gasteiger partial charge in [0.05, 0.1) is 22.6 Å². The number of nitrogens with one attached hydrogen (secondary N) is 1. The minimum atomic E-state index is -3.87. The summed E-state index contributed by atoms with van der Waals surface area (Å²) < 4.78 is 59.6. The molecule has 0 atom stereocenters. The molecule has 1 heterocycles. The number of hydrogen-bond acceptors (Lipinski definition) is 5. The van der Waals surface area contributed by atoms with E-state index in [4.69, 9.17) is 4.74 Å². The van der Waals surface area contributed by atoms with Gasteiger partial charge in [0.25, 0.3) is 10.0 Å². The largest absolute Gasteiger partial charge is 0.495 e. The van der Waals surface area contributed by atoms with Crippen LogP contribution >= 0.6 is 0 Å². The lowest BCUT2D eigenvalue weighted by atomic mass is 10.3. The summed E-state index contributed by atoms with van der Waals surface area (Å²) in [6.45, 7) is 0.943. The van der Waals surface area contributed by atoms with Crippen molar-refractivity contribution in [2.24, 2.45) is 0 Å². The first-order chi connectivity index (χ1) is 12.3. The van der Waals surface area contributed by atoms with Crippen LogP contribution in [0.5, 0.6) is 5.75 Å². The molecule has 1 saturated heterocycles. The van der Waals surface area contributed by atoms with Gasteiger partial charge in [-0.2, -0.15) is 4.31 Å². The summed E-state index contributed by atoms with van der Waals surface area (Å²) in [6, 6.07) is 12.0. The third-order valence-electron chi connectivity index (χ3n) is 4.17. The van der Waals surface area contributed by atoms with Crippen LogP contribution < -0.4 is 9.46 Å². The fourth-order valence-electron chi connectivity index (χ4n) is 2.81. The first-order valence-electron chi connectivity index (χ1n) is 8.11. The molecule has 7 nitrogen and oxygen atoms in total. The van der Waals surface area contributed by atoms with Crippen molar-refractivity contribution in [3.63, 3.8) is 0 Å². The van der Waals surface area contributed by atoms with E-state index in [1.54, 1.807) is 18.2 Å². The van der Waals surface area contributed by atoms with Crippen molar-refractivity contribution in [2.45, 2.75) is 22.6 Å². The van der Waals surface area contributed by atoms with Crippen LogP contribution in [0.25, 0.3) is 0 Å². The summed E-state index contributed by atoms with van der Waals surface area (Å²) >= 11 is 0. The molecule has 1 fully saturated rings. The highest BCUT2D eigenvalue weighted by Crippen LogP contribution is 2.31. The van der Waals surface area contributed by atoms with Gasteiger partial charge >= 0.3 is 0 Å². The zero-order valence-corrected chi connectivity index (χ0v) is 15.9. The monoisotopic (exact) mass is 396 g/mol. The van der Waals surface area contributed by atoms with Crippen LogP contribution in [0.3, 0.4) is 0 Å². The highest BCUT2D eigenvalue weighted by atomic mass is 32.2. The third kappa shape index (κ3) is 3.69. The topological polar surface area (TPSA) is 92.8 Å². The van der Waals surface area contributed by atoms with E-state index in [-0.39, 0.29) is 21.2 Å². The normalized spacial score (nSPS) is 15.7. The van der Waals surface area contributed by atoms with Crippen molar-refractivity contribution in [1.29, 1.82) is 0 Å². The number of methoxy groups -OCH3 is 1. The average Bonchev–Trinajstić information content (AvgIpc) is 3.17. The Morgan fingerprint density at radius 1 is 0.923 bits per heavy atom. The van der Waals surface area contributed by atoms with Crippen LogP contribution in [0, 0.1) is 0 Å². The molecule has 1 aliphatic rings. The smallest absolute Gasteiger partial charge is 0.262 e. The van der Waals surface area contributed by atoms with Crippen LogP contribution in [0.2, 0.25) is 0 Å². The van der Waals surface area contributed by atoms with Gasteiger partial charge in [-0.25, -0.2) is 16.8 Å². The van der Waals surface area contributed by atoms with E-state index in [9.17, 15) is 16.8 Å². The molecule has 0 radical (unpaired) electrons. The lowest BCUT2D eigenvalue weighted by Crippen LogP contribution is -2.28. The first-order valence-corrected chi connectivity index (χ1v) is 11.0. The van der Waals surface area contributed by atoms with Gasteiger partial charge in [-0.15, -0.1) is 0 Å². The van der Waals surface area contributed by atoms with Gasteiger partial charge in [0.15, 0.2) is 0 Å². The molecule has 1 N–H and O–H groups in total. The fraction of sp³-hybridized carbons (Fsp3) is 0.294. The number of benzene rings is 2. The summed E-state index contributed by atoms with van der Waals surface area (Å²) in [7, 11) is -6.14. The van der Waals surface area contributed by atoms with E-state index in [1.165, 1.54) is 41.7 Å². The second-order valence-electron chi connectivity index (χ2n) is 5.89. The molecule has 26 heavy (non-hydrogen) atoms. The van der Waals surface area contributed by atoms with Gasteiger partial charge < -0.3 is 4.74 Å². The number of anilines is 1. The molecule has 140 valence electrons. The molecular formula is C17H20N2O5S2. The lowest BCUT2D eigenvalue weighted by molar-refractivity contribution is 0.416. The SMILES string of the molecule is COc1ccc(S(=O)(=O)N2CCCC2)cc1NS(=O)(=O)c1ccccc1. The lowest BCUT2D eigenvalue weighted by Gasteiger charge is -2.18. The van der Waals surface area contributed by atoms with Gasteiger partial charge in [-0.1, -0.05) is 18.2 Å². The van der Waals surface area contributed by atoms with Crippen molar-refractivity contribution in [3.05, 3.63) is 48.5 Å². The molecule has 0 aromatic heterocycles. The Bertz CT molecular complexity index is 983. The molecule has 9 heteroatoms. The van der Waals surface area contributed by atoms with Crippen LogP contribution in [-0.2, 0) is 20.0 Å². The van der Waals surface area contributed by atoms with E-state index in [1.807, 2.05) is 0 Å². The van der Waals surface area contributed by atoms with Gasteiger partial charge in [-0.05, 0) is 43.2 Å². The predicted octanol–water partition coefficient (Wildman–Crippen LogP) is 2.28. The van der Waals surface area contributed by atoms with Crippen molar-refractivity contribution in [2.75, 3.05) is 24.9 Å². The van der Waals surface area contributed by atoms with E-state index in [0.717, 1.165) is 12.8 Å². The minimum absolute atomic E-state index is 0.0333. The van der Waals surface area contributed by atoms with Gasteiger partial charge in [0, 0.05) is 13.1 Å². The molecule has 0 amide bonds. The number of ether oxygens (including phenoxy) is 1. The predicted molar refractivity (Wildman–Crippen MR) is 98.2 cm³/mol. The van der Waals surface area contributed by atoms with Gasteiger partial charge in [0.2, 0.25) is 10.0 Å². The Kier molecular flexibility index (Phi) is 5.22. The van der Waals surface area contributed by atoms with Crippen molar-refractivity contribution in [1.82, 2.24) is 4.31 Å². The highest BCUT2D eigenvalue weighted by Gasteiger charge is 2.28. The summed E-state index contributed by atoms with van der Waals surface area (Å²) in [6.07, 6.45) is 1.64. The molecule has 0 unspecified atom stereocenters. The zero-order chi connectivity index (χ0) is 18.8. The maximum Gasteiger partial charge on any atom is 0.262 e. The number of hydrogen-bond donors (Lipinski definition) is 1. The molecule has 2 aromatic rings. The average molecular weight is 396 g/mol. The van der Waals surface area contributed by atoms with E-state index in [0.29, 0.717) is 13.1 Å². The molecule has 0 aliphatic carbocycles. The van der Waals surface area contributed by atoms with Crippen molar-refractivity contribution < 1.29 is 21.6 Å². The first kappa shape index (κ1) is 18.7. The summed E-state index contributed by atoms with van der Waals surface area (Å²) in [5.74, 6) is 0.241. The quantitative estimate of drug-likeness (QED) is 0.809. The summed E-state index contributed by atoms with van der Waals surface area (Å²) in [4.78, 5) is 0.112. The Morgan fingerprint density at radius 2 is 1.58 bits per heavy atom. The maximum absolute atomic E-state index is 12.7. The van der Waals surface area contributed by atoms with Crippen LogP contribution in [0.1, 0.15) is 12.8 Å². The molecule has 3 rings (SSSR count). The van der Waals surface area contributed by atoms with E-state index < -0.39 is 20.0 Å².